The molecule has 0 heterocycles. The van der Waals surface area contributed by atoms with E-state index in [2.05, 4.69) is 5.32 Å². The summed E-state index contributed by atoms with van der Waals surface area (Å²) >= 11 is 5.57. The standard InChI is InChI=1S/C13H15ClFNO4/c1-20-7-3-6-10(13(18)19)16-12(17)8-4-2-5-9(14)11(8)15/h2,4-5,10H,3,6-7H2,1H3,(H,16,17)(H,18,19). The molecular formula is C13H15ClFNO4. The minimum atomic E-state index is -1.18. The molecule has 2 N–H and O–H groups in total. The van der Waals surface area contributed by atoms with E-state index in [0.717, 1.165) is 0 Å². The molecule has 5 nitrogen and oxygen atoms in total. The quantitative estimate of drug-likeness (QED) is 0.756. The van der Waals surface area contributed by atoms with Crippen molar-refractivity contribution in [3.05, 3.63) is 34.6 Å². The fraction of sp³-hybridized carbons (Fsp3) is 0.385. The first-order chi connectivity index (χ1) is 9.47. The number of amides is 1. The molecule has 0 aliphatic heterocycles. The molecule has 0 saturated heterocycles. The van der Waals surface area contributed by atoms with E-state index in [1.807, 2.05) is 0 Å². The predicted molar refractivity (Wildman–Crippen MR) is 71.4 cm³/mol. The van der Waals surface area contributed by atoms with Crippen molar-refractivity contribution in [2.45, 2.75) is 18.9 Å². The predicted octanol–water partition coefficient (Wildman–Crippen LogP) is 2.09. The first-order valence-electron chi connectivity index (χ1n) is 5.94. The number of aliphatic carboxylic acids is 1. The third-order valence-electron chi connectivity index (χ3n) is 2.64. The number of carboxylic acid groups (broad SMARTS) is 1. The molecule has 7 heteroatoms. The number of hydrogen-bond donors (Lipinski definition) is 2. The highest BCUT2D eigenvalue weighted by atomic mass is 35.5. The van der Waals surface area contributed by atoms with Crippen LogP contribution in [0.5, 0.6) is 0 Å². The Morgan fingerprint density at radius 1 is 1.50 bits per heavy atom. The maximum atomic E-state index is 13.6. The van der Waals surface area contributed by atoms with Gasteiger partial charge in [0.15, 0.2) is 5.82 Å². The normalized spacial score (nSPS) is 11.9. The molecule has 0 aliphatic rings. The first kappa shape index (κ1) is 16.4. The Hall–Kier alpha value is -1.66. The van der Waals surface area contributed by atoms with Gasteiger partial charge in [0, 0.05) is 13.7 Å². The van der Waals surface area contributed by atoms with Crippen LogP contribution in [0.4, 0.5) is 4.39 Å². The van der Waals surface area contributed by atoms with Gasteiger partial charge in [0.2, 0.25) is 0 Å². The lowest BCUT2D eigenvalue weighted by molar-refractivity contribution is -0.139. The van der Waals surface area contributed by atoms with Crippen LogP contribution in [0, 0.1) is 5.82 Å². The van der Waals surface area contributed by atoms with Gasteiger partial charge in [-0.15, -0.1) is 0 Å². The van der Waals surface area contributed by atoms with Gasteiger partial charge >= 0.3 is 5.97 Å². The van der Waals surface area contributed by atoms with Crippen molar-refractivity contribution in [1.82, 2.24) is 5.32 Å². The molecule has 0 radical (unpaired) electrons. The molecular weight excluding hydrogens is 289 g/mol. The molecule has 0 fully saturated rings. The third-order valence-corrected chi connectivity index (χ3v) is 2.93. The van der Waals surface area contributed by atoms with E-state index in [1.165, 1.54) is 25.3 Å². The smallest absolute Gasteiger partial charge is 0.326 e. The maximum Gasteiger partial charge on any atom is 0.326 e. The first-order valence-corrected chi connectivity index (χ1v) is 6.31. The fourth-order valence-corrected chi connectivity index (χ4v) is 1.78. The van der Waals surface area contributed by atoms with Crippen molar-refractivity contribution < 1.29 is 23.8 Å². The summed E-state index contributed by atoms with van der Waals surface area (Å²) in [6, 6.07) is 2.86. The number of benzene rings is 1. The molecule has 0 aliphatic carbocycles. The van der Waals surface area contributed by atoms with Crippen molar-refractivity contribution in [2.75, 3.05) is 13.7 Å². The van der Waals surface area contributed by atoms with Crippen molar-refractivity contribution in [3.63, 3.8) is 0 Å². The zero-order chi connectivity index (χ0) is 15.1. The van der Waals surface area contributed by atoms with E-state index in [1.54, 1.807) is 0 Å². The Balaban J connectivity index is 2.75. The molecule has 0 bridgehead atoms. The van der Waals surface area contributed by atoms with E-state index in [-0.39, 0.29) is 17.0 Å². The molecule has 1 rings (SSSR count). The SMILES string of the molecule is COCCCC(NC(=O)c1cccc(Cl)c1F)C(=O)O. The number of carboxylic acids is 1. The lowest BCUT2D eigenvalue weighted by Gasteiger charge is -2.14. The number of hydrogen-bond acceptors (Lipinski definition) is 3. The number of carbonyl (C=O) groups excluding carboxylic acids is 1. The van der Waals surface area contributed by atoms with E-state index >= 15 is 0 Å². The summed E-state index contributed by atoms with van der Waals surface area (Å²) in [7, 11) is 1.50. The molecule has 0 saturated carbocycles. The van der Waals surface area contributed by atoms with Crippen molar-refractivity contribution in [2.24, 2.45) is 0 Å². The average Bonchev–Trinajstić information content (AvgIpc) is 2.40. The summed E-state index contributed by atoms with van der Waals surface area (Å²) in [6.45, 7) is 0.380. The fourth-order valence-electron chi connectivity index (χ4n) is 1.60. The van der Waals surface area contributed by atoms with Gasteiger partial charge in [0.25, 0.3) is 5.91 Å². The zero-order valence-electron chi connectivity index (χ0n) is 10.9. The lowest BCUT2D eigenvalue weighted by Crippen LogP contribution is -2.41. The Morgan fingerprint density at radius 2 is 2.20 bits per heavy atom. The Kier molecular flexibility index (Phi) is 6.41. The second-order valence-corrected chi connectivity index (χ2v) is 4.51. The molecule has 110 valence electrons. The summed E-state index contributed by atoms with van der Waals surface area (Å²) in [6.07, 6.45) is 0.656. The highest BCUT2D eigenvalue weighted by Gasteiger charge is 2.22. The summed E-state index contributed by atoms with van der Waals surface area (Å²) in [5.41, 5.74) is -0.282. The largest absolute Gasteiger partial charge is 0.480 e. The molecule has 0 spiro atoms. The number of ether oxygens (including phenoxy) is 1. The Bertz CT molecular complexity index is 495. The van der Waals surface area contributed by atoms with Gasteiger partial charge < -0.3 is 15.2 Å². The summed E-state index contributed by atoms with van der Waals surface area (Å²) in [5.74, 6) is -2.86. The van der Waals surface area contributed by atoms with Gasteiger partial charge in [-0.1, -0.05) is 17.7 Å². The summed E-state index contributed by atoms with van der Waals surface area (Å²) in [4.78, 5) is 22.9. The highest BCUT2D eigenvalue weighted by Crippen LogP contribution is 2.18. The Labute approximate surface area is 120 Å². The van der Waals surface area contributed by atoms with E-state index in [9.17, 15) is 14.0 Å². The van der Waals surface area contributed by atoms with Crippen LogP contribution < -0.4 is 5.32 Å². The monoisotopic (exact) mass is 303 g/mol. The van der Waals surface area contributed by atoms with Crippen LogP contribution in [-0.2, 0) is 9.53 Å². The number of nitrogens with one attached hydrogen (secondary N) is 1. The van der Waals surface area contributed by atoms with Crippen molar-refractivity contribution in [3.8, 4) is 0 Å². The molecule has 20 heavy (non-hydrogen) atoms. The molecule has 1 aromatic carbocycles. The zero-order valence-corrected chi connectivity index (χ0v) is 11.6. The molecule has 1 amide bonds. The number of halogens is 2. The summed E-state index contributed by atoms with van der Waals surface area (Å²) < 4.78 is 18.5. The van der Waals surface area contributed by atoms with Gasteiger partial charge in [-0.3, -0.25) is 4.79 Å². The minimum Gasteiger partial charge on any atom is -0.480 e. The second kappa shape index (κ2) is 7.81. The van der Waals surface area contributed by atoms with Crippen molar-refractivity contribution in [1.29, 1.82) is 0 Å². The van der Waals surface area contributed by atoms with E-state index in [0.29, 0.717) is 13.0 Å². The van der Waals surface area contributed by atoms with Gasteiger partial charge in [0.05, 0.1) is 10.6 Å². The van der Waals surface area contributed by atoms with Crippen LogP contribution in [-0.4, -0.2) is 36.7 Å². The van der Waals surface area contributed by atoms with Crippen molar-refractivity contribution >= 4 is 23.5 Å². The molecule has 1 unspecified atom stereocenters. The van der Waals surface area contributed by atoms with E-state index < -0.39 is 23.7 Å². The van der Waals surface area contributed by atoms with Crippen LogP contribution in [0.25, 0.3) is 0 Å². The third kappa shape index (κ3) is 4.47. The summed E-state index contributed by atoms with van der Waals surface area (Å²) in [5, 5.41) is 11.1. The minimum absolute atomic E-state index is 0.191. The number of carbonyl (C=O) groups is 2. The van der Waals surface area contributed by atoms with E-state index in [4.69, 9.17) is 21.4 Å². The number of methoxy groups -OCH3 is 1. The van der Waals surface area contributed by atoms with Gasteiger partial charge in [-0.05, 0) is 25.0 Å². The molecule has 1 aromatic rings. The van der Waals surface area contributed by atoms with Crippen LogP contribution in [0.15, 0.2) is 18.2 Å². The topological polar surface area (TPSA) is 75.6 Å². The van der Waals surface area contributed by atoms with Crippen LogP contribution >= 0.6 is 11.6 Å². The lowest BCUT2D eigenvalue weighted by atomic mass is 10.1. The molecule has 0 aromatic heterocycles. The van der Waals surface area contributed by atoms with Crippen LogP contribution in [0.2, 0.25) is 5.02 Å². The second-order valence-electron chi connectivity index (χ2n) is 4.10. The van der Waals surface area contributed by atoms with Gasteiger partial charge in [0.1, 0.15) is 6.04 Å². The van der Waals surface area contributed by atoms with Gasteiger partial charge in [-0.2, -0.15) is 0 Å². The van der Waals surface area contributed by atoms with Gasteiger partial charge in [-0.25, -0.2) is 9.18 Å². The van der Waals surface area contributed by atoms with Crippen LogP contribution in [0.3, 0.4) is 0 Å². The average molecular weight is 304 g/mol. The maximum absolute atomic E-state index is 13.6. The highest BCUT2D eigenvalue weighted by molar-refractivity contribution is 6.31. The Morgan fingerprint density at radius 3 is 2.80 bits per heavy atom. The van der Waals surface area contributed by atoms with Crippen LogP contribution in [0.1, 0.15) is 23.2 Å². The number of rotatable bonds is 7. The molecule has 1 atom stereocenters.